The van der Waals surface area contributed by atoms with Gasteiger partial charge in [-0.25, -0.2) is 4.57 Å². The molecular formula is C20H17O5P. The molecule has 0 saturated heterocycles. The zero-order valence-corrected chi connectivity index (χ0v) is 14.7. The second kappa shape index (κ2) is 8.00. The van der Waals surface area contributed by atoms with E-state index in [1.807, 2.05) is 30.3 Å². The van der Waals surface area contributed by atoms with Crippen LogP contribution >= 0.6 is 7.82 Å². The average Bonchev–Trinajstić information content (AvgIpc) is 2.63. The first-order valence-electron chi connectivity index (χ1n) is 7.96. The van der Waals surface area contributed by atoms with Crippen LogP contribution in [0.2, 0.25) is 0 Å². The zero-order chi connectivity index (χ0) is 18.4. The van der Waals surface area contributed by atoms with E-state index in [1.54, 1.807) is 42.5 Å². The van der Waals surface area contributed by atoms with Crippen molar-refractivity contribution in [1.82, 2.24) is 0 Å². The third-order valence-electron chi connectivity index (χ3n) is 3.57. The molecule has 3 aromatic carbocycles. The molecule has 0 aliphatic rings. The van der Waals surface area contributed by atoms with Gasteiger partial charge in [-0.15, -0.1) is 0 Å². The Kier molecular flexibility index (Phi) is 5.52. The predicted molar refractivity (Wildman–Crippen MR) is 98.4 cm³/mol. The molecule has 6 heteroatoms. The summed E-state index contributed by atoms with van der Waals surface area (Å²) in [6.45, 7) is 0. The number of Topliss-reactive ketones (excluding diaryl/α,β-unsaturated/α-hetero) is 1. The van der Waals surface area contributed by atoms with Crippen LogP contribution in [0.1, 0.15) is 15.9 Å². The van der Waals surface area contributed by atoms with Crippen LogP contribution < -0.4 is 9.05 Å². The minimum absolute atomic E-state index is 0.0459. The van der Waals surface area contributed by atoms with E-state index in [-0.39, 0.29) is 23.7 Å². The number of para-hydroxylation sites is 1. The van der Waals surface area contributed by atoms with Crippen LogP contribution in [0, 0.1) is 0 Å². The smallest absolute Gasteiger partial charge is 0.395 e. The molecule has 0 heterocycles. The maximum atomic E-state index is 12.3. The minimum Gasteiger partial charge on any atom is -0.395 e. The molecule has 132 valence electrons. The van der Waals surface area contributed by atoms with Crippen molar-refractivity contribution in [2.75, 3.05) is 0 Å². The van der Waals surface area contributed by atoms with Gasteiger partial charge in [0.15, 0.2) is 5.78 Å². The fourth-order valence-corrected chi connectivity index (χ4v) is 3.16. The molecule has 0 aliphatic carbocycles. The Hall–Kier alpha value is -2.88. The van der Waals surface area contributed by atoms with Crippen molar-refractivity contribution in [2.24, 2.45) is 0 Å². The summed E-state index contributed by atoms with van der Waals surface area (Å²) in [5, 5.41) is 0. The van der Waals surface area contributed by atoms with Crippen LogP contribution in [0.5, 0.6) is 11.5 Å². The molecule has 0 amide bonds. The zero-order valence-electron chi connectivity index (χ0n) is 13.8. The number of phosphoric ester groups is 1. The summed E-state index contributed by atoms with van der Waals surface area (Å²) in [5.41, 5.74) is 1.42. The minimum atomic E-state index is -4.31. The van der Waals surface area contributed by atoms with Gasteiger partial charge >= 0.3 is 7.82 Å². The molecule has 0 aromatic heterocycles. The summed E-state index contributed by atoms with van der Waals surface area (Å²) in [4.78, 5) is 22.1. The summed E-state index contributed by atoms with van der Waals surface area (Å²) < 4.78 is 22.1. The number of carbonyl (C=O) groups excluding carboxylic acids is 1. The fourth-order valence-electron chi connectivity index (χ4n) is 2.35. The highest BCUT2D eigenvalue weighted by atomic mass is 31.2. The molecule has 1 atom stereocenters. The Morgan fingerprint density at radius 1 is 0.769 bits per heavy atom. The molecule has 0 bridgehead atoms. The molecule has 0 spiro atoms. The maximum absolute atomic E-state index is 12.3. The van der Waals surface area contributed by atoms with E-state index in [0.717, 1.165) is 5.56 Å². The average molecular weight is 368 g/mol. The maximum Gasteiger partial charge on any atom is 0.584 e. The van der Waals surface area contributed by atoms with Gasteiger partial charge in [-0.3, -0.25) is 9.69 Å². The highest BCUT2D eigenvalue weighted by Crippen LogP contribution is 2.44. The van der Waals surface area contributed by atoms with E-state index < -0.39 is 7.82 Å². The fraction of sp³-hybridized carbons (Fsp3) is 0.0500. The molecule has 0 fully saturated rings. The molecule has 1 N–H and O–H groups in total. The van der Waals surface area contributed by atoms with Crippen molar-refractivity contribution in [1.29, 1.82) is 0 Å². The van der Waals surface area contributed by atoms with E-state index in [4.69, 9.17) is 9.05 Å². The van der Waals surface area contributed by atoms with Crippen molar-refractivity contribution in [3.8, 4) is 11.5 Å². The van der Waals surface area contributed by atoms with Crippen molar-refractivity contribution in [2.45, 2.75) is 6.42 Å². The molecule has 3 aromatic rings. The summed E-state index contributed by atoms with van der Waals surface area (Å²) in [6, 6.07) is 23.7. The van der Waals surface area contributed by atoms with Crippen LogP contribution in [0.4, 0.5) is 0 Å². The second-order valence-corrected chi connectivity index (χ2v) is 6.88. The summed E-state index contributed by atoms with van der Waals surface area (Å²) >= 11 is 0. The Bertz CT molecular complexity index is 908. The summed E-state index contributed by atoms with van der Waals surface area (Å²) in [6.07, 6.45) is 0.288. The third kappa shape index (κ3) is 5.06. The summed E-state index contributed by atoms with van der Waals surface area (Å²) in [7, 11) is -4.31. The lowest BCUT2D eigenvalue weighted by atomic mass is 10.0. The molecular weight excluding hydrogens is 351 g/mol. The number of rotatable bonds is 7. The molecule has 3 rings (SSSR count). The lowest BCUT2D eigenvalue weighted by molar-refractivity contribution is 0.0993. The molecule has 5 nitrogen and oxygen atoms in total. The molecule has 1 unspecified atom stereocenters. The molecule has 0 aliphatic heterocycles. The second-order valence-electron chi connectivity index (χ2n) is 5.57. The first-order valence-corrected chi connectivity index (χ1v) is 9.46. The molecule has 26 heavy (non-hydrogen) atoms. The Morgan fingerprint density at radius 3 is 1.85 bits per heavy atom. The van der Waals surface area contributed by atoms with E-state index in [9.17, 15) is 14.3 Å². The Balaban J connectivity index is 1.63. The molecule has 0 saturated carbocycles. The Morgan fingerprint density at radius 2 is 1.27 bits per heavy atom. The van der Waals surface area contributed by atoms with Gasteiger partial charge in [0.1, 0.15) is 11.5 Å². The highest BCUT2D eigenvalue weighted by molar-refractivity contribution is 7.48. The van der Waals surface area contributed by atoms with Gasteiger partial charge in [0.2, 0.25) is 0 Å². The van der Waals surface area contributed by atoms with Crippen LogP contribution in [0.15, 0.2) is 84.9 Å². The van der Waals surface area contributed by atoms with Crippen LogP contribution in [0.3, 0.4) is 0 Å². The van der Waals surface area contributed by atoms with Crippen molar-refractivity contribution in [3.63, 3.8) is 0 Å². The number of carbonyl (C=O) groups is 1. The van der Waals surface area contributed by atoms with E-state index in [0.29, 0.717) is 5.56 Å². The summed E-state index contributed by atoms with van der Waals surface area (Å²) in [5.74, 6) is 0.325. The van der Waals surface area contributed by atoms with Gasteiger partial charge in [0, 0.05) is 12.0 Å². The highest BCUT2D eigenvalue weighted by Gasteiger charge is 2.25. The largest absolute Gasteiger partial charge is 0.584 e. The van der Waals surface area contributed by atoms with Crippen LogP contribution in [-0.4, -0.2) is 10.7 Å². The van der Waals surface area contributed by atoms with Gasteiger partial charge in [-0.2, -0.15) is 0 Å². The quantitative estimate of drug-likeness (QED) is 0.485. The first-order chi connectivity index (χ1) is 12.5. The van der Waals surface area contributed by atoms with Crippen molar-refractivity contribution in [3.05, 3.63) is 96.1 Å². The number of phosphoric acid groups is 1. The molecule has 0 radical (unpaired) electrons. The van der Waals surface area contributed by atoms with Gasteiger partial charge in [-0.1, -0.05) is 48.5 Å². The third-order valence-corrected chi connectivity index (χ3v) is 4.45. The monoisotopic (exact) mass is 368 g/mol. The van der Waals surface area contributed by atoms with Crippen LogP contribution in [-0.2, 0) is 11.0 Å². The van der Waals surface area contributed by atoms with E-state index in [2.05, 4.69) is 0 Å². The van der Waals surface area contributed by atoms with Gasteiger partial charge < -0.3 is 9.05 Å². The van der Waals surface area contributed by atoms with Gasteiger partial charge in [-0.05, 0) is 42.0 Å². The normalized spacial score (nSPS) is 12.8. The van der Waals surface area contributed by atoms with Crippen molar-refractivity contribution < 1.29 is 23.3 Å². The lowest BCUT2D eigenvalue weighted by Gasteiger charge is -2.13. The number of hydrogen-bond donors (Lipinski definition) is 1. The van der Waals surface area contributed by atoms with Crippen LogP contribution in [0.25, 0.3) is 0 Å². The lowest BCUT2D eigenvalue weighted by Crippen LogP contribution is -2.04. The predicted octanol–water partition coefficient (Wildman–Crippen LogP) is 4.67. The standard InChI is InChI=1S/C20H17O5P/c21-20(15-16-7-3-1-4-8-16)17-11-13-19(14-12-17)25-26(22,23)24-18-9-5-2-6-10-18/h1-14H,15H2,(H,22,23). The van der Waals surface area contributed by atoms with Gasteiger partial charge in [0.05, 0.1) is 0 Å². The number of ketones is 1. The first kappa shape index (κ1) is 17.9. The Labute approximate surface area is 151 Å². The number of benzene rings is 3. The van der Waals surface area contributed by atoms with Crippen molar-refractivity contribution >= 4 is 13.6 Å². The van der Waals surface area contributed by atoms with E-state index >= 15 is 0 Å². The van der Waals surface area contributed by atoms with E-state index in [1.165, 1.54) is 12.1 Å². The SMILES string of the molecule is O=C(Cc1ccccc1)c1ccc(OP(=O)(O)Oc2ccccc2)cc1. The number of hydrogen-bond acceptors (Lipinski definition) is 4. The van der Waals surface area contributed by atoms with Gasteiger partial charge in [0.25, 0.3) is 0 Å². The topological polar surface area (TPSA) is 72.8 Å².